The predicted molar refractivity (Wildman–Crippen MR) is 121 cm³/mol. The first-order valence-corrected chi connectivity index (χ1v) is 10.0. The molecular formula is C21H26N10. The van der Waals surface area contributed by atoms with Gasteiger partial charge in [-0.3, -0.25) is 30.6 Å². The molecule has 2 rings (SSSR count). The van der Waals surface area contributed by atoms with E-state index in [9.17, 15) is 0 Å². The molecule has 0 aromatic carbocycles. The molecule has 2 aromatic rings. The maximum absolute atomic E-state index is 8.86. The van der Waals surface area contributed by atoms with Crippen molar-refractivity contribution in [1.29, 1.82) is 10.5 Å². The number of hydrogen-bond acceptors (Lipinski definition) is 6. The topological polar surface area (TPSA) is 146 Å². The number of nitriles is 2. The lowest BCUT2D eigenvalue weighted by Gasteiger charge is -2.08. The van der Waals surface area contributed by atoms with Crippen LogP contribution in [0, 0.1) is 22.9 Å². The van der Waals surface area contributed by atoms with Gasteiger partial charge in [0.2, 0.25) is 11.9 Å². The highest BCUT2D eigenvalue weighted by Gasteiger charge is 2.00. The molecule has 0 aliphatic heterocycles. The number of unbranched alkanes of at least 4 members (excludes halogenated alkanes) is 4. The third kappa shape index (κ3) is 10.2. The first kappa shape index (κ1) is 23.1. The van der Waals surface area contributed by atoms with E-state index < -0.39 is 0 Å². The van der Waals surface area contributed by atoms with E-state index in [-0.39, 0.29) is 0 Å². The minimum Gasteiger partial charge on any atom is -0.324 e. The molecule has 10 heteroatoms. The van der Waals surface area contributed by atoms with Gasteiger partial charge in [-0.05, 0) is 37.1 Å². The van der Waals surface area contributed by atoms with Gasteiger partial charge < -0.3 is 10.6 Å². The molecule has 0 saturated heterocycles. The van der Waals surface area contributed by atoms with Crippen molar-refractivity contribution in [3.8, 4) is 12.4 Å². The van der Waals surface area contributed by atoms with Crippen molar-refractivity contribution < 1.29 is 0 Å². The zero-order chi connectivity index (χ0) is 22.0. The molecule has 0 unspecified atom stereocenters. The number of rotatable bonds is 10. The molecule has 0 aliphatic rings. The van der Waals surface area contributed by atoms with Crippen LogP contribution in [0.25, 0.3) is 0 Å². The Hall–Kier alpha value is -4.18. The highest BCUT2D eigenvalue weighted by Crippen LogP contribution is 2.06. The summed E-state index contributed by atoms with van der Waals surface area (Å²) in [5.74, 6) is 0.840. The van der Waals surface area contributed by atoms with Crippen LogP contribution < -0.4 is 21.3 Å². The molecule has 0 saturated carbocycles. The number of guanidine groups is 2. The number of aliphatic imine (C=N–C) groups is 2. The molecule has 0 bridgehead atoms. The second kappa shape index (κ2) is 14.8. The molecule has 0 radical (unpaired) electrons. The number of nitrogens with zero attached hydrogens (tertiary/aromatic N) is 6. The molecule has 0 amide bonds. The van der Waals surface area contributed by atoms with Crippen molar-refractivity contribution in [3.63, 3.8) is 0 Å². The summed E-state index contributed by atoms with van der Waals surface area (Å²) in [6.07, 6.45) is 15.5. The molecule has 4 N–H and O–H groups in total. The lowest BCUT2D eigenvalue weighted by Crippen LogP contribution is -2.27. The lowest BCUT2D eigenvalue weighted by molar-refractivity contribution is 0.623. The van der Waals surface area contributed by atoms with Gasteiger partial charge in [0.1, 0.15) is 0 Å². The first-order chi connectivity index (χ1) is 15.3. The van der Waals surface area contributed by atoms with Crippen molar-refractivity contribution in [2.75, 3.05) is 23.7 Å². The highest BCUT2D eigenvalue weighted by atomic mass is 15.2. The van der Waals surface area contributed by atoms with E-state index in [1.54, 1.807) is 24.8 Å². The molecule has 160 valence electrons. The maximum Gasteiger partial charge on any atom is 0.209 e. The zero-order valence-corrected chi connectivity index (χ0v) is 17.3. The second-order valence-corrected chi connectivity index (χ2v) is 6.44. The summed E-state index contributed by atoms with van der Waals surface area (Å²) in [5.41, 5.74) is 1.54. The van der Waals surface area contributed by atoms with Crippen LogP contribution in [-0.2, 0) is 0 Å². The maximum atomic E-state index is 8.86. The van der Waals surface area contributed by atoms with Crippen LogP contribution in [0.15, 0.2) is 59.0 Å². The van der Waals surface area contributed by atoms with Gasteiger partial charge >= 0.3 is 0 Å². The Kier molecular flexibility index (Phi) is 11.0. The minimum absolute atomic E-state index is 0.420. The molecule has 0 aliphatic carbocycles. The minimum atomic E-state index is 0.420. The SMILES string of the molecule is N#CNC(=NCCCCCCCN=C(NC#N)Nc1cccnc1)Nc1cccnc1. The van der Waals surface area contributed by atoms with E-state index in [4.69, 9.17) is 10.5 Å². The average Bonchev–Trinajstić information content (AvgIpc) is 2.79. The normalized spacial score (nSPS) is 11.2. The Morgan fingerprint density at radius 1 is 0.742 bits per heavy atom. The molecule has 2 heterocycles. The van der Waals surface area contributed by atoms with E-state index in [1.165, 1.54) is 0 Å². The molecule has 2 aromatic heterocycles. The van der Waals surface area contributed by atoms with Crippen molar-refractivity contribution in [3.05, 3.63) is 49.1 Å². The monoisotopic (exact) mass is 418 g/mol. The zero-order valence-electron chi connectivity index (χ0n) is 17.3. The quantitative estimate of drug-likeness (QED) is 0.151. The van der Waals surface area contributed by atoms with E-state index in [2.05, 4.69) is 41.2 Å². The van der Waals surface area contributed by atoms with Crippen molar-refractivity contribution in [1.82, 2.24) is 20.6 Å². The van der Waals surface area contributed by atoms with Crippen LogP contribution in [0.4, 0.5) is 11.4 Å². The largest absolute Gasteiger partial charge is 0.324 e. The molecular weight excluding hydrogens is 392 g/mol. The Morgan fingerprint density at radius 2 is 1.19 bits per heavy atom. The summed E-state index contributed by atoms with van der Waals surface area (Å²) in [6.45, 7) is 1.25. The highest BCUT2D eigenvalue weighted by molar-refractivity contribution is 5.94. The van der Waals surface area contributed by atoms with Crippen molar-refractivity contribution in [2.45, 2.75) is 32.1 Å². The van der Waals surface area contributed by atoms with Crippen LogP contribution in [0.3, 0.4) is 0 Å². The van der Waals surface area contributed by atoms with Gasteiger partial charge in [-0.15, -0.1) is 0 Å². The van der Waals surface area contributed by atoms with Gasteiger partial charge in [-0.1, -0.05) is 19.3 Å². The van der Waals surface area contributed by atoms with Crippen LogP contribution in [-0.4, -0.2) is 35.0 Å². The van der Waals surface area contributed by atoms with Gasteiger partial charge in [0.25, 0.3) is 0 Å². The number of pyridine rings is 2. The summed E-state index contributed by atoms with van der Waals surface area (Å²) in [5, 5.41) is 28.9. The standard InChI is InChI=1S/C21H26N10/c22-16-28-20(30-18-8-6-10-24-14-18)26-12-4-2-1-3-5-13-27-21(29-17-23)31-19-9-7-11-25-15-19/h6-11,14-15H,1-5,12-13H2,(H2,26,28,30)(H2,27,29,31). The van der Waals surface area contributed by atoms with Crippen LogP contribution >= 0.6 is 0 Å². The Bertz CT molecular complexity index is 822. The lowest BCUT2D eigenvalue weighted by atomic mass is 10.1. The van der Waals surface area contributed by atoms with Gasteiger partial charge in [0, 0.05) is 25.5 Å². The van der Waals surface area contributed by atoms with Crippen molar-refractivity contribution in [2.24, 2.45) is 9.98 Å². The fraction of sp³-hybridized carbons (Fsp3) is 0.333. The third-order valence-electron chi connectivity index (χ3n) is 4.05. The van der Waals surface area contributed by atoms with E-state index in [0.717, 1.165) is 43.5 Å². The van der Waals surface area contributed by atoms with Gasteiger partial charge in [0.05, 0.1) is 23.8 Å². The number of anilines is 2. The van der Waals surface area contributed by atoms with E-state index in [0.29, 0.717) is 25.0 Å². The summed E-state index contributed by atoms with van der Waals surface area (Å²) in [7, 11) is 0. The molecule has 0 fully saturated rings. The first-order valence-electron chi connectivity index (χ1n) is 10.0. The summed E-state index contributed by atoms with van der Waals surface area (Å²) < 4.78 is 0. The molecule has 0 atom stereocenters. The Labute approximate surface area is 182 Å². The Balaban J connectivity index is 1.62. The molecule has 10 nitrogen and oxygen atoms in total. The molecule has 31 heavy (non-hydrogen) atoms. The van der Waals surface area contributed by atoms with Gasteiger partial charge in [-0.25, -0.2) is 0 Å². The number of aromatic nitrogens is 2. The van der Waals surface area contributed by atoms with E-state index >= 15 is 0 Å². The van der Waals surface area contributed by atoms with Gasteiger partial charge in [-0.2, -0.15) is 10.5 Å². The fourth-order valence-electron chi connectivity index (χ4n) is 2.61. The predicted octanol–water partition coefficient (Wildman–Crippen LogP) is 2.80. The summed E-state index contributed by atoms with van der Waals surface area (Å²) in [4.78, 5) is 16.8. The summed E-state index contributed by atoms with van der Waals surface area (Å²) in [6, 6.07) is 7.33. The fourth-order valence-corrected chi connectivity index (χ4v) is 2.61. The van der Waals surface area contributed by atoms with Crippen LogP contribution in [0.5, 0.6) is 0 Å². The number of nitrogens with one attached hydrogen (secondary N) is 4. The smallest absolute Gasteiger partial charge is 0.209 e. The van der Waals surface area contributed by atoms with Crippen molar-refractivity contribution >= 4 is 23.3 Å². The Morgan fingerprint density at radius 3 is 1.58 bits per heavy atom. The van der Waals surface area contributed by atoms with Crippen LogP contribution in [0.1, 0.15) is 32.1 Å². The third-order valence-corrected chi connectivity index (χ3v) is 4.05. The number of hydrogen-bond donors (Lipinski definition) is 4. The second-order valence-electron chi connectivity index (χ2n) is 6.44. The van der Waals surface area contributed by atoms with Crippen LogP contribution in [0.2, 0.25) is 0 Å². The summed E-state index contributed by atoms with van der Waals surface area (Å²) >= 11 is 0. The average molecular weight is 419 g/mol. The van der Waals surface area contributed by atoms with E-state index in [1.807, 2.05) is 36.7 Å². The molecule has 0 spiro atoms. The van der Waals surface area contributed by atoms with Gasteiger partial charge in [0.15, 0.2) is 12.4 Å².